The van der Waals surface area contributed by atoms with Crippen LogP contribution >= 0.6 is 11.6 Å². The summed E-state index contributed by atoms with van der Waals surface area (Å²) in [5.41, 5.74) is 0.902. The molecule has 2 aliphatic rings. The number of nitrogens with zero attached hydrogens (tertiary/aromatic N) is 4. The molecule has 3 rings (SSSR count). The Bertz CT molecular complexity index is 510. The maximum atomic E-state index is 10.6. The molecule has 6 heteroatoms. The lowest BCUT2D eigenvalue weighted by Gasteiger charge is -2.51. The highest BCUT2D eigenvalue weighted by atomic mass is 35.5. The third kappa shape index (κ3) is 2.14. The van der Waals surface area contributed by atoms with Crippen molar-refractivity contribution in [3.8, 4) is 0 Å². The molecule has 3 heterocycles. The Labute approximate surface area is 124 Å². The van der Waals surface area contributed by atoms with Crippen molar-refractivity contribution in [1.82, 2.24) is 9.88 Å². The van der Waals surface area contributed by atoms with Gasteiger partial charge in [-0.25, -0.2) is 4.98 Å². The number of pyridine rings is 1. The summed E-state index contributed by atoms with van der Waals surface area (Å²) in [6, 6.07) is 2.42. The van der Waals surface area contributed by atoms with Gasteiger partial charge in [-0.3, -0.25) is 4.90 Å². The monoisotopic (exact) mass is 296 g/mol. The number of rotatable bonds is 1. The molecule has 2 atom stereocenters. The fourth-order valence-corrected chi connectivity index (χ4v) is 3.27. The van der Waals surface area contributed by atoms with E-state index in [1.54, 1.807) is 6.20 Å². The van der Waals surface area contributed by atoms with Crippen LogP contribution in [0.15, 0.2) is 12.3 Å². The Morgan fingerprint density at radius 3 is 2.85 bits per heavy atom. The van der Waals surface area contributed by atoms with Crippen molar-refractivity contribution in [3.63, 3.8) is 0 Å². The first-order chi connectivity index (χ1) is 9.49. The van der Waals surface area contributed by atoms with Crippen LogP contribution in [0.4, 0.5) is 11.5 Å². The zero-order chi connectivity index (χ0) is 14.4. The zero-order valence-corrected chi connectivity index (χ0v) is 12.9. The first kappa shape index (κ1) is 13.9. The lowest BCUT2D eigenvalue weighted by molar-refractivity contribution is 0.0806. The van der Waals surface area contributed by atoms with Crippen LogP contribution in [0.1, 0.15) is 13.8 Å². The number of likely N-dealkylation sites (N-methyl/N-ethyl adjacent to an activating group) is 1. The van der Waals surface area contributed by atoms with Crippen LogP contribution < -0.4 is 9.80 Å². The normalized spacial score (nSPS) is 26.7. The lowest BCUT2D eigenvalue weighted by atomic mass is 10.0. The highest BCUT2D eigenvalue weighted by Crippen LogP contribution is 2.38. The summed E-state index contributed by atoms with van der Waals surface area (Å²) in [5.74, 6) is 0.926. The van der Waals surface area contributed by atoms with Crippen molar-refractivity contribution in [1.29, 1.82) is 0 Å². The van der Waals surface area contributed by atoms with Crippen LogP contribution in [-0.4, -0.2) is 60.0 Å². The van der Waals surface area contributed by atoms with E-state index in [9.17, 15) is 5.11 Å². The van der Waals surface area contributed by atoms with Crippen molar-refractivity contribution in [2.24, 2.45) is 0 Å². The van der Waals surface area contributed by atoms with E-state index in [0.29, 0.717) is 11.1 Å². The summed E-state index contributed by atoms with van der Waals surface area (Å²) < 4.78 is 0. The van der Waals surface area contributed by atoms with E-state index in [2.05, 4.69) is 28.6 Å². The Balaban J connectivity index is 1.96. The molecule has 0 radical (unpaired) electrons. The van der Waals surface area contributed by atoms with Crippen molar-refractivity contribution >= 4 is 23.1 Å². The third-order valence-electron chi connectivity index (χ3n) is 4.39. The van der Waals surface area contributed by atoms with Crippen molar-refractivity contribution in [3.05, 3.63) is 17.3 Å². The van der Waals surface area contributed by atoms with Gasteiger partial charge < -0.3 is 14.9 Å². The number of fused-ring (bicyclic) bond motifs is 3. The third-order valence-corrected chi connectivity index (χ3v) is 4.59. The summed E-state index contributed by atoms with van der Waals surface area (Å²) in [6.45, 7) is 7.12. The van der Waals surface area contributed by atoms with Crippen LogP contribution in [0.5, 0.6) is 0 Å². The number of anilines is 2. The van der Waals surface area contributed by atoms with E-state index < -0.39 is 6.23 Å². The topological polar surface area (TPSA) is 42.8 Å². The number of aliphatic hydroxyl groups excluding tert-OH is 1. The second-order valence-electron chi connectivity index (χ2n) is 5.87. The maximum Gasteiger partial charge on any atom is 0.152 e. The predicted octanol–water partition coefficient (Wildman–Crippen LogP) is 1.40. The van der Waals surface area contributed by atoms with Gasteiger partial charge in [0.25, 0.3) is 0 Å². The average Bonchev–Trinajstić information content (AvgIpc) is 2.44. The molecular formula is C14H21ClN4O. The molecule has 1 aromatic rings. The molecule has 1 unspecified atom stereocenters. The summed E-state index contributed by atoms with van der Waals surface area (Å²) in [7, 11) is 1.90. The van der Waals surface area contributed by atoms with Crippen LogP contribution in [0.2, 0.25) is 5.02 Å². The average molecular weight is 297 g/mol. The molecule has 110 valence electrons. The summed E-state index contributed by atoms with van der Waals surface area (Å²) in [4.78, 5) is 11.0. The number of piperazine rings is 1. The first-order valence-corrected chi connectivity index (χ1v) is 7.44. The molecule has 2 aliphatic heterocycles. The molecule has 0 saturated carbocycles. The second-order valence-corrected chi connectivity index (χ2v) is 6.31. The minimum atomic E-state index is -0.538. The van der Waals surface area contributed by atoms with Gasteiger partial charge in [0, 0.05) is 38.9 Å². The fourth-order valence-electron chi connectivity index (χ4n) is 3.12. The molecular weight excluding hydrogens is 276 g/mol. The number of halogens is 1. The van der Waals surface area contributed by atoms with E-state index in [4.69, 9.17) is 11.6 Å². The van der Waals surface area contributed by atoms with Gasteiger partial charge in [0.2, 0.25) is 0 Å². The number of aromatic nitrogens is 1. The highest BCUT2D eigenvalue weighted by Gasteiger charge is 2.41. The van der Waals surface area contributed by atoms with Crippen LogP contribution in [0.3, 0.4) is 0 Å². The van der Waals surface area contributed by atoms with Gasteiger partial charge in [-0.05, 0) is 19.9 Å². The number of hydrogen-bond donors (Lipinski definition) is 1. The zero-order valence-electron chi connectivity index (χ0n) is 12.1. The Hall–Kier alpha value is -1.04. The van der Waals surface area contributed by atoms with Gasteiger partial charge in [-0.15, -0.1) is 0 Å². The molecule has 1 N–H and O–H groups in total. The van der Waals surface area contributed by atoms with Gasteiger partial charge in [0.05, 0.1) is 16.8 Å². The minimum Gasteiger partial charge on any atom is -0.371 e. The maximum absolute atomic E-state index is 10.6. The van der Waals surface area contributed by atoms with Gasteiger partial charge in [-0.2, -0.15) is 0 Å². The number of hydrogen-bond acceptors (Lipinski definition) is 5. The standard InChI is InChI=1S/C14H21ClN4O/c1-9(2)18-4-5-19-12(8-18)14(20)17(3)11-6-10(15)7-16-13(11)19/h6-7,9,12,14,20H,4-5,8H2,1-3H3/t12-,14?/m1/s1. The first-order valence-electron chi connectivity index (χ1n) is 7.06. The van der Waals surface area contributed by atoms with Crippen molar-refractivity contribution in [2.75, 3.05) is 36.5 Å². The van der Waals surface area contributed by atoms with Crippen LogP contribution in [0.25, 0.3) is 0 Å². The fraction of sp³-hybridized carbons (Fsp3) is 0.643. The van der Waals surface area contributed by atoms with Crippen LogP contribution in [0, 0.1) is 0 Å². The number of aliphatic hydroxyl groups is 1. The molecule has 1 saturated heterocycles. The van der Waals surface area contributed by atoms with Gasteiger partial charge in [0.15, 0.2) is 5.82 Å². The molecule has 1 fully saturated rings. The van der Waals surface area contributed by atoms with Gasteiger partial charge in [0.1, 0.15) is 6.23 Å². The smallest absolute Gasteiger partial charge is 0.152 e. The molecule has 0 amide bonds. The summed E-state index contributed by atoms with van der Waals surface area (Å²) in [5, 5.41) is 11.2. The molecule has 0 bridgehead atoms. The Morgan fingerprint density at radius 2 is 2.15 bits per heavy atom. The largest absolute Gasteiger partial charge is 0.371 e. The molecule has 1 aromatic heterocycles. The quantitative estimate of drug-likeness (QED) is 0.849. The minimum absolute atomic E-state index is 0.0531. The van der Waals surface area contributed by atoms with Crippen LogP contribution in [-0.2, 0) is 0 Å². The van der Waals surface area contributed by atoms with Gasteiger partial charge in [-0.1, -0.05) is 11.6 Å². The lowest BCUT2D eigenvalue weighted by Crippen LogP contribution is -2.65. The predicted molar refractivity (Wildman–Crippen MR) is 81.5 cm³/mol. The molecule has 20 heavy (non-hydrogen) atoms. The van der Waals surface area contributed by atoms with E-state index >= 15 is 0 Å². The van der Waals surface area contributed by atoms with Gasteiger partial charge >= 0.3 is 0 Å². The SMILES string of the molecule is CC(C)N1CCN2c3ncc(Cl)cc3N(C)C(O)[C@H]2C1. The van der Waals surface area contributed by atoms with E-state index in [1.807, 2.05) is 18.0 Å². The van der Waals surface area contributed by atoms with E-state index in [-0.39, 0.29) is 6.04 Å². The molecule has 0 aromatic carbocycles. The highest BCUT2D eigenvalue weighted by molar-refractivity contribution is 6.30. The molecule has 0 aliphatic carbocycles. The van der Waals surface area contributed by atoms with E-state index in [1.165, 1.54) is 0 Å². The second kappa shape index (κ2) is 5.06. The van der Waals surface area contributed by atoms with E-state index in [0.717, 1.165) is 31.1 Å². The summed E-state index contributed by atoms with van der Waals surface area (Å²) >= 11 is 6.03. The Morgan fingerprint density at radius 1 is 1.40 bits per heavy atom. The molecule has 0 spiro atoms. The van der Waals surface area contributed by atoms with Crippen molar-refractivity contribution < 1.29 is 5.11 Å². The summed E-state index contributed by atoms with van der Waals surface area (Å²) in [6.07, 6.45) is 1.14. The Kier molecular flexibility index (Phi) is 3.52. The molecule has 5 nitrogen and oxygen atoms in total. The van der Waals surface area contributed by atoms with Crippen molar-refractivity contribution in [2.45, 2.75) is 32.2 Å².